The fraction of sp³-hybridized carbons (Fsp3) is 0.333. The van der Waals surface area contributed by atoms with Crippen molar-refractivity contribution in [3.05, 3.63) is 72.8 Å². The standard InChI is InChI=1S/C24H27N3O4S/c1-2-23(28)25-19-12-14-27(15-13-19)32(30,31)20-10-8-18(9-11-20)26-24(29)22-16-21(22)17-6-4-3-5-7-17/h2-11,19,21-22H,1,12-16H2,(H,25,28)(H,26,29). The molecule has 2 amide bonds. The molecule has 1 heterocycles. The molecule has 1 aliphatic carbocycles. The van der Waals surface area contributed by atoms with E-state index in [9.17, 15) is 18.0 Å². The minimum absolute atomic E-state index is 0.0434. The number of nitrogens with one attached hydrogen (secondary N) is 2. The lowest BCUT2D eigenvalue weighted by Crippen LogP contribution is -2.46. The van der Waals surface area contributed by atoms with E-state index in [1.165, 1.54) is 28.1 Å². The van der Waals surface area contributed by atoms with Crippen LogP contribution in [0.1, 0.15) is 30.7 Å². The molecule has 0 radical (unpaired) electrons. The lowest BCUT2D eigenvalue weighted by Gasteiger charge is -2.31. The summed E-state index contributed by atoms with van der Waals surface area (Å²) in [5, 5.41) is 5.71. The Hall–Kier alpha value is -2.97. The van der Waals surface area contributed by atoms with E-state index in [0.717, 1.165) is 6.42 Å². The molecule has 2 aliphatic rings. The Morgan fingerprint density at radius 3 is 2.28 bits per heavy atom. The Bertz CT molecular complexity index is 1090. The summed E-state index contributed by atoms with van der Waals surface area (Å²) in [6.45, 7) is 4.11. The zero-order chi connectivity index (χ0) is 22.7. The Labute approximate surface area is 188 Å². The summed E-state index contributed by atoms with van der Waals surface area (Å²) in [4.78, 5) is 24.2. The molecule has 1 aliphatic heterocycles. The number of hydrogen-bond acceptors (Lipinski definition) is 4. The molecule has 2 aromatic rings. The van der Waals surface area contributed by atoms with E-state index < -0.39 is 10.0 Å². The number of piperidine rings is 1. The van der Waals surface area contributed by atoms with Crippen molar-refractivity contribution < 1.29 is 18.0 Å². The summed E-state index contributed by atoms with van der Waals surface area (Å²) in [7, 11) is -3.63. The molecule has 7 nitrogen and oxygen atoms in total. The van der Waals surface area contributed by atoms with Crippen LogP contribution in [0, 0.1) is 5.92 Å². The minimum Gasteiger partial charge on any atom is -0.350 e. The van der Waals surface area contributed by atoms with Crippen LogP contribution in [0.2, 0.25) is 0 Å². The van der Waals surface area contributed by atoms with E-state index in [1.54, 1.807) is 12.1 Å². The molecule has 8 heteroatoms. The summed E-state index contributed by atoms with van der Waals surface area (Å²) < 4.78 is 27.4. The first-order chi connectivity index (χ1) is 15.4. The second kappa shape index (κ2) is 9.26. The summed E-state index contributed by atoms with van der Waals surface area (Å²) in [6, 6.07) is 16.2. The van der Waals surface area contributed by atoms with Gasteiger partial charge in [-0.15, -0.1) is 0 Å². The first-order valence-electron chi connectivity index (χ1n) is 10.8. The van der Waals surface area contributed by atoms with E-state index in [1.807, 2.05) is 30.3 Å². The van der Waals surface area contributed by atoms with E-state index in [2.05, 4.69) is 17.2 Å². The first kappa shape index (κ1) is 22.2. The van der Waals surface area contributed by atoms with Gasteiger partial charge in [0, 0.05) is 30.7 Å². The summed E-state index contributed by atoms with van der Waals surface area (Å²) >= 11 is 0. The second-order valence-corrected chi connectivity index (χ2v) is 10.2. The Balaban J connectivity index is 1.33. The van der Waals surface area contributed by atoms with Crippen LogP contribution in [-0.4, -0.2) is 43.7 Å². The van der Waals surface area contributed by atoms with Crippen LogP contribution in [0.3, 0.4) is 0 Å². The predicted molar refractivity (Wildman–Crippen MR) is 122 cm³/mol. The molecule has 4 rings (SSSR count). The van der Waals surface area contributed by atoms with Gasteiger partial charge in [0.15, 0.2) is 0 Å². The average molecular weight is 454 g/mol. The van der Waals surface area contributed by atoms with Gasteiger partial charge in [0.25, 0.3) is 0 Å². The van der Waals surface area contributed by atoms with Crippen LogP contribution in [-0.2, 0) is 19.6 Å². The highest BCUT2D eigenvalue weighted by atomic mass is 32.2. The molecular weight excluding hydrogens is 426 g/mol. The molecular formula is C24H27N3O4S. The average Bonchev–Trinajstić information content (AvgIpc) is 3.61. The number of sulfonamides is 1. The van der Waals surface area contributed by atoms with E-state index in [0.29, 0.717) is 31.6 Å². The van der Waals surface area contributed by atoms with Gasteiger partial charge in [0.05, 0.1) is 4.90 Å². The lowest BCUT2D eigenvalue weighted by atomic mass is 10.1. The molecule has 2 fully saturated rings. The maximum absolute atomic E-state index is 13.0. The van der Waals surface area contributed by atoms with Gasteiger partial charge in [-0.3, -0.25) is 9.59 Å². The van der Waals surface area contributed by atoms with Crippen molar-refractivity contribution in [1.29, 1.82) is 0 Å². The van der Waals surface area contributed by atoms with Crippen LogP contribution in [0.15, 0.2) is 72.1 Å². The zero-order valence-corrected chi connectivity index (χ0v) is 18.6. The zero-order valence-electron chi connectivity index (χ0n) is 17.7. The first-order valence-corrected chi connectivity index (χ1v) is 12.2. The van der Waals surface area contributed by atoms with Crippen LogP contribution in [0.4, 0.5) is 5.69 Å². The number of rotatable bonds is 7. The van der Waals surface area contributed by atoms with Crippen molar-refractivity contribution in [3.63, 3.8) is 0 Å². The summed E-state index contributed by atoms with van der Waals surface area (Å²) in [5.74, 6) is -0.0953. The smallest absolute Gasteiger partial charge is 0.243 e. The highest BCUT2D eigenvalue weighted by Gasteiger charge is 2.43. The van der Waals surface area contributed by atoms with Gasteiger partial charge >= 0.3 is 0 Å². The van der Waals surface area contributed by atoms with Crippen molar-refractivity contribution in [3.8, 4) is 0 Å². The van der Waals surface area contributed by atoms with Gasteiger partial charge in [-0.1, -0.05) is 36.9 Å². The van der Waals surface area contributed by atoms with Gasteiger partial charge in [-0.25, -0.2) is 8.42 Å². The van der Waals surface area contributed by atoms with Gasteiger partial charge in [-0.05, 0) is 61.1 Å². The maximum atomic E-state index is 13.0. The number of carbonyl (C=O) groups excluding carboxylic acids is 2. The number of carbonyl (C=O) groups is 2. The molecule has 1 saturated carbocycles. The van der Waals surface area contributed by atoms with Crippen LogP contribution in [0.25, 0.3) is 0 Å². The topological polar surface area (TPSA) is 95.6 Å². The third-order valence-electron chi connectivity index (χ3n) is 6.10. The largest absolute Gasteiger partial charge is 0.350 e. The van der Waals surface area contributed by atoms with Gasteiger partial charge in [0.2, 0.25) is 21.8 Å². The number of anilines is 1. The summed E-state index contributed by atoms with van der Waals surface area (Å²) in [6.07, 6.45) is 3.15. The van der Waals surface area contributed by atoms with E-state index >= 15 is 0 Å². The van der Waals surface area contributed by atoms with Crippen LogP contribution >= 0.6 is 0 Å². The quantitative estimate of drug-likeness (QED) is 0.630. The van der Waals surface area contributed by atoms with E-state index in [4.69, 9.17) is 0 Å². The van der Waals surface area contributed by atoms with Crippen molar-refractivity contribution in [2.24, 2.45) is 5.92 Å². The van der Waals surface area contributed by atoms with Crippen molar-refractivity contribution in [2.75, 3.05) is 18.4 Å². The lowest BCUT2D eigenvalue weighted by molar-refractivity contribution is -0.118. The number of benzene rings is 2. The maximum Gasteiger partial charge on any atom is 0.243 e. The number of nitrogens with zero attached hydrogens (tertiary/aromatic N) is 1. The summed E-state index contributed by atoms with van der Waals surface area (Å²) in [5.41, 5.74) is 1.75. The Morgan fingerprint density at radius 2 is 1.66 bits per heavy atom. The highest BCUT2D eigenvalue weighted by Crippen LogP contribution is 2.47. The van der Waals surface area contributed by atoms with Crippen molar-refractivity contribution in [2.45, 2.75) is 36.1 Å². The molecule has 2 aromatic carbocycles. The van der Waals surface area contributed by atoms with Gasteiger partial charge in [-0.2, -0.15) is 4.31 Å². The van der Waals surface area contributed by atoms with Gasteiger partial charge in [0.1, 0.15) is 0 Å². The SMILES string of the molecule is C=CC(=O)NC1CCN(S(=O)(=O)c2ccc(NC(=O)C3CC3c3ccccc3)cc2)CC1. The van der Waals surface area contributed by atoms with Gasteiger partial charge < -0.3 is 10.6 Å². The third kappa shape index (κ3) is 4.92. The van der Waals surface area contributed by atoms with Crippen LogP contribution < -0.4 is 10.6 Å². The van der Waals surface area contributed by atoms with Crippen molar-refractivity contribution in [1.82, 2.24) is 9.62 Å². The Morgan fingerprint density at radius 1 is 1.00 bits per heavy atom. The Kier molecular flexibility index (Phi) is 6.43. The van der Waals surface area contributed by atoms with E-state index in [-0.39, 0.29) is 34.6 Å². The second-order valence-electron chi connectivity index (χ2n) is 8.26. The number of amides is 2. The molecule has 2 N–H and O–H groups in total. The highest BCUT2D eigenvalue weighted by molar-refractivity contribution is 7.89. The third-order valence-corrected chi connectivity index (χ3v) is 8.01. The fourth-order valence-corrected chi connectivity index (χ4v) is 5.62. The molecule has 168 valence electrons. The molecule has 1 saturated heterocycles. The monoisotopic (exact) mass is 453 g/mol. The minimum atomic E-state index is -3.63. The predicted octanol–water partition coefficient (Wildman–Crippen LogP) is 2.88. The molecule has 0 aromatic heterocycles. The fourth-order valence-electron chi connectivity index (χ4n) is 4.15. The molecule has 0 bridgehead atoms. The molecule has 2 unspecified atom stereocenters. The molecule has 2 atom stereocenters. The molecule has 0 spiro atoms. The normalized spacial score (nSPS) is 21.5. The van der Waals surface area contributed by atoms with Crippen molar-refractivity contribution >= 4 is 27.5 Å². The number of hydrogen-bond donors (Lipinski definition) is 2. The molecule has 32 heavy (non-hydrogen) atoms. The van der Waals surface area contributed by atoms with Crippen LogP contribution in [0.5, 0.6) is 0 Å².